The van der Waals surface area contributed by atoms with Gasteiger partial charge in [-0.2, -0.15) is 0 Å². The first kappa shape index (κ1) is 51.2. The van der Waals surface area contributed by atoms with Crippen molar-refractivity contribution >= 4 is 77.0 Å². The van der Waals surface area contributed by atoms with Gasteiger partial charge in [0.15, 0.2) is 34.9 Å². The van der Waals surface area contributed by atoms with E-state index in [-0.39, 0.29) is 0 Å². The Labute approximate surface area is 489 Å². The number of rotatable bonds is 7. The van der Waals surface area contributed by atoms with Crippen molar-refractivity contribution in [2.45, 2.75) is 6.92 Å². The number of benzene rings is 12. The van der Waals surface area contributed by atoms with Crippen LogP contribution >= 0.6 is 11.6 Å². The molecule has 12 aromatic carbocycles. The van der Waals surface area contributed by atoms with Gasteiger partial charge in [-0.15, -0.1) is 0 Å². The van der Waals surface area contributed by atoms with Crippen LogP contribution in [0.25, 0.3) is 145 Å². The fraction of sp³-hybridized carbons (Fsp3) is 0.0133. The maximum Gasteiger partial charge on any atom is 0.164 e. The standard InChI is InChI=1S/C37H23N3O.C22H17N3.C16H9ClO/c1-3-11-25(12-4-1)35-38-36(26-13-5-2-6-14-26)40-37(39-35)28-17-9-16-27(23-28)29-19-10-15-24-21-22-31-30-18-7-8-20-32(30)41-34(31)33(24)29;1-16-9-8-14-19(15-16)22-24-20(17-10-4-2-5-11-17)23-21(25-22)18-12-6-3-7-13-18;17-13-6-3-4-10-8-9-12-11-5-1-2-7-14(11)18-16(12)15(10)13/h1-23H;2-15H,1H3;1-9H. The first-order valence-electron chi connectivity index (χ1n) is 27.7. The summed E-state index contributed by atoms with van der Waals surface area (Å²) in [7, 11) is 0. The summed E-state index contributed by atoms with van der Waals surface area (Å²) in [5, 5.41) is 9.56. The monoisotopic (exact) mass is 1100 g/mol. The SMILES string of the molecule is Cc1cccc(-c2nc(-c3ccccc3)nc(-c3ccccc3)n2)c1.Clc1cccc2ccc3c4ccccc4oc3c12.c1ccc(-c2nc(-c3ccccc3)nc(-c3cccc(-c4cccc5ccc6c7ccccc7oc6c45)c3)n2)cc1. The summed E-state index contributed by atoms with van der Waals surface area (Å²) < 4.78 is 12.4. The zero-order valence-electron chi connectivity index (χ0n) is 45.4. The van der Waals surface area contributed by atoms with E-state index < -0.39 is 0 Å². The van der Waals surface area contributed by atoms with Crippen LogP contribution in [0.15, 0.2) is 288 Å². The average molecular weight is 1100 g/mol. The van der Waals surface area contributed by atoms with Crippen molar-refractivity contribution in [3.8, 4) is 79.5 Å². The molecular formula is C75H49ClN6O2. The molecule has 0 aliphatic carbocycles. The van der Waals surface area contributed by atoms with Crippen LogP contribution in [-0.2, 0) is 0 Å². The summed E-state index contributed by atoms with van der Waals surface area (Å²) in [6.45, 7) is 2.07. The van der Waals surface area contributed by atoms with E-state index in [1.54, 1.807) is 0 Å². The number of nitrogens with zero attached hydrogens (tertiary/aromatic N) is 6. The molecule has 4 heterocycles. The molecule has 4 aromatic heterocycles. The highest BCUT2D eigenvalue weighted by Crippen LogP contribution is 2.41. The molecule has 0 aliphatic rings. The van der Waals surface area contributed by atoms with Crippen LogP contribution in [0.5, 0.6) is 0 Å². The molecule has 0 saturated carbocycles. The van der Waals surface area contributed by atoms with Crippen LogP contribution < -0.4 is 0 Å². The lowest BCUT2D eigenvalue weighted by Gasteiger charge is -2.11. The quantitative estimate of drug-likeness (QED) is 0.155. The fourth-order valence-electron chi connectivity index (χ4n) is 10.8. The fourth-order valence-corrected chi connectivity index (χ4v) is 11.1. The van der Waals surface area contributed by atoms with Crippen LogP contribution in [0, 0.1) is 6.92 Å². The summed E-state index contributed by atoms with van der Waals surface area (Å²) >= 11 is 6.30. The number of aryl methyl sites for hydroxylation is 1. The molecule has 0 radical (unpaired) electrons. The molecule has 0 fully saturated rings. The minimum absolute atomic E-state index is 0.633. The van der Waals surface area contributed by atoms with E-state index in [4.69, 9.17) is 50.3 Å². The molecule has 0 saturated heterocycles. The summed E-state index contributed by atoms with van der Waals surface area (Å²) in [4.78, 5) is 28.8. The van der Waals surface area contributed by atoms with Crippen LogP contribution in [0.3, 0.4) is 0 Å². The molecule has 0 atom stereocenters. The number of hydrogen-bond donors (Lipinski definition) is 0. The summed E-state index contributed by atoms with van der Waals surface area (Å²) in [6, 6.07) is 93.9. The minimum atomic E-state index is 0.633. The topological polar surface area (TPSA) is 104 Å². The van der Waals surface area contributed by atoms with Crippen molar-refractivity contribution in [1.29, 1.82) is 0 Å². The van der Waals surface area contributed by atoms with Crippen molar-refractivity contribution < 1.29 is 8.83 Å². The van der Waals surface area contributed by atoms with Gasteiger partial charge in [-0.25, -0.2) is 29.9 Å². The Bertz CT molecular complexity index is 4940. The van der Waals surface area contributed by atoms with Crippen LogP contribution in [-0.4, -0.2) is 29.9 Å². The Morgan fingerprint density at radius 1 is 0.274 bits per heavy atom. The normalized spacial score (nSPS) is 11.2. The van der Waals surface area contributed by atoms with E-state index in [0.29, 0.717) is 34.9 Å². The predicted octanol–water partition coefficient (Wildman–Crippen LogP) is 20.2. The molecule has 398 valence electrons. The van der Waals surface area contributed by atoms with Gasteiger partial charge in [0.2, 0.25) is 0 Å². The number of halogens is 1. The van der Waals surface area contributed by atoms with Crippen molar-refractivity contribution in [3.05, 3.63) is 290 Å². The second kappa shape index (κ2) is 22.5. The van der Waals surface area contributed by atoms with Gasteiger partial charge in [0.05, 0.1) is 5.02 Å². The molecule has 0 spiro atoms. The van der Waals surface area contributed by atoms with E-state index >= 15 is 0 Å². The van der Waals surface area contributed by atoms with Crippen molar-refractivity contribution in [2.24, 2.45) is 0 Å². The lowest BCUT2D eigenvalue weighted by molar-refractivity contribution is 0.672. The second-order valence-corrected chi connectivity index (χ2v) is 20.8. The van der Waals surface area contributed by atoms with Gasteiger partial charge < -0.3 is 8.83 Å². The Morgan fingerprint density at radius 2 is 0.631 bits per heavy atom. The summed E-state index contributed by atoms with van der Waals surface area (Å²) in [6.07, 6.45) is 0. The largest absolute Gasteiger partial charge is 0.455 e. The van der Waals surface area contributed by atoms with Gasteiger partial charge in [-0.1, -0.05) is 254 Å². The average Bonchev–Trinajstić information content (AvgIpc) is 3.02. The number of furan rings is 2. The van der Waals surface area contributed by atoms with Crippen molar-refractivity contribution in [3.63, 3.8) is 0 Å². The maximum absolute atomic E-state index is 6.44. The Balaban J connectivity index is 0.000000123. The van der Waals surface area contributed by atoms with E-state index in [2.05, 4.69) is 104 Å². The third-order valence-electron chi connectivity index (χ3n) is 14.8. The highest BCUT2D eigenvalue weighted by Gasteiger charge is 2.18. The van der Waals surface area contributed by atoms with Crippen LogP contribution in [0.4, 0.5) is 0 Å². The lowest BCUT2D eigenvalue weighted by atomic mass is 9.95. The lowest BCUT2D eigenvalue weighted by Crippen LogP contribution is -2.00. The highest BCUT2D eigenvalue weighted by molar-refractivity contribution is 6.38. The number of aromatic nitrogens is 6. The summed E-state index contributed by atoms with van der Waals surface area (Å²) in [5.74, 6) is 3.99. The van der Waals surface area contributed by atoms with Crippen LogP contribution in [0.2, 0.25) is 5.02 Å². The second-order valence-electron chi connectivity index (χ2n) is 20.3. The molecule has 8 nitrogen and oxygen atoms in total. The van der Waals surface area contributed by atoms with Gasteiger partial charge in [0.25, 0.3) is 0 Å². The van der Waals surface area contributed by atoms with Crippen molar-refractivity contribution in [2.75, 3.05) is 0 Å². The van der Waals surface area contributed by atoms with Gasteiger partial charge in [-0.3, -0.25) is 0 Å². The molecule has 0 N–H and O–H groups in total. The van der Waals surface area contributed by atoms with Gasteiger partial charge in [-0.05, 0) is 71.3 Å². The number of hydrogen-bond acceptors (Lipinski definition) is 8. The molecule has 16 aromatic rings. The molecular weight excluding hydrogens is 1050 g/mol. The molecule has 0 bridgehead atoms. The highest BCUT2D eigenvalue weighted by atomic mass is 35.5. The Morgan fingerprint density at radius 3 is 1.11 bits per heavy atom. The third-order valence-corrected chi connectivity index (χ3v) is 15.1. The van der Waals surface area contributed by atoms with E-state index in [0.717, 1.165) is 115 Å². The number of fused-ring (bicyclic) bond motifs is 10. The molecule has 0 unspecified atom stereocenters. The zero-order valence-corrected chi connectivity index (χ0v) is 46.2. The minimum Gasteiger partial charge on any atom is -0.455 e. The molecule has 0 aliphatic heterocycles. The zero-order chi connectivity index (χ0) is 56.3. The molecule has 0 amide bonds. The van der Waals surface area contributed by atoms with E-state index in [1.165, 1.54) is 5.56 Å². The molecule has 84 heavy (non-hydrogen) atoms. The van der Waals surface area contributed by atoms with Crippen LogP contribution in [0.1, 0.15) is 5.56 Å². The maximum atomic E-state index is 6.44. The van der Waals surface area contributed by atoms with Gasteiger partial charge in [0, 0.05) is 65.7 Å². The Kier molecular flexibility index (Phi) is 13.8. The molecule has 9 heteroatoms. The van der Waals surface area contributed by atoms with E-state index in [9.17, 15) is 0 Å². The number of para-hydroxylation sites is 2. The molecule has 16 rings (SSSR count). The predicted molar refractivity (Wildman–Crippen MR) is 343 cm³/mol. The first-order valence-corrected chi connectivity index (χ1v) is 28.1. The first-order chi connectivity index (χ1) is 41.5. The Hall–Kier alpha value is -10.9. The third kappa shape index (κ3) is 10.2. The van der Waals surface area contributed by atoms with Gasteiger partial charge in [0.1, 0.15) is 22.3 Å². The van der Waals surface area contributed by atoms with Crippen molar-refractivity contribution in [1.82, 2.24) is 29.9 Å². The van der Waals surface area contributed by atoms with E-state index in [1.807, 2.05) is 182 Å². The van der Waals surface area contributed by atoms with Gasteiger partial charge >= 0.3 is 0 Å². The summed E-state index contributed by atoms with van der Waals surface area (Å²) in [5.41, 5.74) is 12.7. The smallest absolute Gasteiger partial charge is 0.164 e.